The molecule has 0 radical (unpaired) electrons. The zero-order chi connectivity index (χ0) is 16.3. The molecule has 6 heteroatoms. The summed E-state index contributed by atoms with van der Waals surface area (Å²) in [7, 11) is 1.55. The third-order valence-corrected chi connectivity index (χ3v) is 3.55. The minimum atomic E-state index is -1.13. The predicted octanol–water partition coefficient (Wildman–Crippen LogP) is 1.28. The Bertz CT molecular complexity index is 717. The number of carboxylic acids is 1. The van der Waals surface area contributed by atoms with Gasteiger partial charge in [-0.1, -0.05) is 0 Å². The number of aliphatic carboxylic acids is 1. The minimum Gasteiger partial charge on any atom is -0.550 e. The van der Waals surface area contributed by atoms with Gasteiger partial charge in [0.2, 0.25) is 0 Å². The normalized spacial score (nSPS) is 10.7. The van der Waals surface area contributed by atoms with Gasteiger partial charge >= 0.3 is 5.97 Å². The molecule has 1 heterocycles. The van der Waals surface area contributed by atoms with E-state index in [9.17, 15) is 14.7 Å². The van der Waals surface area contributed by atoms with E-state index in [0.717, 1.165) is 5.52 Å². The number of carboxylic acid groups (broad SMARTS) is 1. The van der Waals surface area contributed by atoms with Crippen molar-refractivity contribution in [1.82, 2.24) is 4.57 Å². The van der Waals surface area contributed by atoms with Gasteiger partial charge in [-0.15, -0.1) is 0 Å². The van der Waals surface area contributed by atoms with Crippen LogP contribution < -0.4 is 9.84 Å². The number of hydrogen-bond acceptors (Lipinski definition) is 5. The van der Waals surface area contributed by atoms with Crippen LogP contribution in [0.15, 0.2) is 18.2 Å². The van der Waals surface area contributed by atoms with E-state index < -0.39 is 11.9 Å². The van der Waals surface area contributed by atoms with Crippen molar-refractivity contribution in [2.75, 3.05) is 13.7 Å². The van der Waals surface area contributed by atoms with E-state index in [2.05, 4.69) is 0 Å². The van der Waals surface area contributed by atoms with Gasteiger partial charge in [0.25, 0.3) is 0 Å². The SMILES string of the molecule is CCOC(=O)c1c(C)n(CCC(=O)[O-])c2ccc(OC)cc12. The highest BCUT2D eigenvalue weighted by atomic mass is 16.5. The summed E-state index contributed by atoms with van der Waals surface area (Å²) in [6.45, 7) is 4.02. The summed E-state index contributed by atoms with van der Waals surface area (Å²) in [6.07, 6.45) is -0.126. The van der Waals surface area contributed by atoms with Crippen LogP contribution in [0.4, 0.5) is 0 Å². The third-order valence-electron chi connectivity index (χ3n) is 3.55. The van der Waals surface area contributed by atoms with Gasteiger partial charge in [-0.25, -0.2) is 4.79 Å². The first kappa shape index (κ1) is 15.9. The maximum atomic E-state index is 12.2. The number of rotatable bonds is 6. The van der Waals surface area contributed by atoms with E-state index in [0.29, 0.717) is 22.4 Å². The summed E-state index contributed by atoms with van der Waals surface area (Å²) in [5.74, 6) is -0.937. The molecule has 0 atom stereocenters. The standard InChI is InChI=1S/C16H19NO5/c1-4-22-16(20)15-10(2)17(8-7-14(18)19)13-6-5-11(21-3)9-12(13)15/h5-6,9H,4,7-8H2,1-3H3,(H,18,19)/p-1. The van der Waals surface area contributed by atoms with E-state index in [1.165, 1.54) is 0 Å². The number of fused-ring (bicyclic) bond motifs is 1. The van der Waals surface area contributed by atoms with Crippen molar-refractivity contribution in [3.05, 3.63) is 29.5 Å². The third kappa shape index (κ3) is 2.90. The first-order valence-corrected chi connectivity index (χ1v) is 7.03. The molecule has 0 spiro atoms. The monoisotopic (exact) mass is 304 g/mol. The molecule has 0 saturated carbocycles. The van der Waals surface area contributed by atoms with Crippen molar-refractivity contribution >= 4 is 22.8 Å². The molecule has 1 aromatic heterocycles. The van der Waals surface area contributed by atoms with Gasteiger partial charge in [-0.05, 0) is 32.0 Å². The Hall–Kier alpha value is -2.50. The van der Waals surface area contributed by atoms with Gasteiger partial charge in [0.15, 0.2) is 0 Å². The number of nitrogens with zero attached hydrogens (tertiary/aromatic N) is 1. The summed E-state index contributed by atoms with van der Waals surface area (Å²) < 4.78 is 12.1. The Morgan fingerprint density at radius 3 is 2.64 bits per heavy atom. The molecule has 0 unspecified atom stereocenters. The van der Waals surface area contributed by atoms with Crippen LogP contribution in [0.25, 0.3) is 10.9 Å². The van der Waals surface area contributed by atoms with Crippen molar-refractivity contribution in [1.29, 1.82) is 0 Å². The number of esters is 1. The van der Waals surface area contributed by atoms with Gasteiger partial charge < -0.3 is 23.9 Å². The molecule has 0 aliphatic carbocycles. The second-order valence-corrected chi connectivity index (χ2v) is 4.84. The molecule has 0 aliphatic rings. The predicted molar refractivity (Wildman–Crippen MR) is 78.8 cm³/mol. The van der Waals surface area contributed by atoms with Crippen LogP contribution in [0, 0.1) is 6.92 Å². The quantitative estimate of drug-likeness (QED) is 0.751. The average Bonchev–Trinajstić information content (AvgIpc) is 2.76. The number of aromatic nitrogens is 1. The molecule has 1 aromatic carbocycles. The smallest absolute Gasteiger partial charge is 0.340 e. The number of carbonyl (C=O) groups is 2. The van der Waals surface area contributed by atoms with Crippen LogP contribution in [-0.2, 0) is 16.1 Å². The highest BCUT2D eigenvalue weighted by Gasteiger charge is 2.21. The lowest BCUT2D eigenvalue weighted by Gasteiger charge is -2.09. The number of hydrogen-bond donors (Lipinski definition) is 0. The molecule has 118 valence electrons. The van der Waals surface area contributed by atoms with Crippen LogP contribution in [0.1, 0.15) is 29.4 Å². The Kier molecular flexibility index (Phi) is 4.70. The Labute approximate surface area is 128 Å². The van der Waals surface area contributed by atoms with Crippen LogP contribution in [0.3, 0.4) is 0 Å². The Morgan fingerprint density at radius 2 is 2.05 bits per heavy atom. The van der Waals surface area contributed by atoms with E-state index >= 15 is 0 Å². The number of aryl methyl sites for hydroxylation is 1. The van der Waals surface area contributed by atoms with Crippen molar-refractivity contribution < 1.29 is 24.2 Å². The molecule has 22 heavy (non-hydrogen) atoms. The molecule has 0 N–H and O–H groups in total. The zero-order valence-electron chi connectivity index (χ0n) is 12.8. The van der Waals surface area contributed by atoms with Crippen molar-refractivity contribution in [3.8, 4) is 5.75 Å². The second kappa shape index (κ2) is 6.51. The largest absolute Gasteiger partial charge is 0.550 e. The lowest BCUT2D eigenvalue weighted by atomic mass is 10.1. The Balaban J connectivity index is 2.62. The molecular formula is C16H18NO5-. The van der Waals surface area contributed by atoms with E-state index in [1.807, 2.05) is 0 Å². The number of methoxy groups -OCH3 is 1. The molecule has 0 aliphatic heterocycles. The lowest BCUT2D eigenvalue weighted by Crippen LogP contribution is -2.23. The fourth-order valence-corrected chi connectivity index (χ4v) is 2.54. The van der Waals surface area contributed by atoms with Gasteiger partial charge in [0, 0.05) is 35.5 Å². The van der Waals surface area contributed by atoms with Gasteiger partial charge in [-0.3, -0.25) is 0 Å². The maximum absolute atomic E-state index is 12.2. The fourth-order valence-electron chi connectivity index (χ4n) is 2.54. The van der Waals surface area contributed by atoms with Crippen LogP contribution >= 0.6 is 0 Å². The highest BCUT2D eigenvalue weighted by Crippen LogP contribution is 2.30. The lowest BCUT2D eigenvalue weighted by molar-refractivity contribution is -0.305. The molecule has 0 fully saturated rings. The minimum absolute atomic E-state index is 0.126. The van der Waals surface area contributed by atoms with Crippen molar-refractivity contribution in [2.45, 2.75) is 26.8 Å². The van der Waals surface area contributed by atoms with Gasteiger partial charge in [0.05, 0.1) is 19.3 Å². The van der Waals surface area contributed by atoms with E-state index in [4.69, 9.17) is 9.47 Å². The fraction of sp³-hybridized carbons (Fsp3) is 0.375. The summed E-state index contributed by atoms with van der Waals surface area (Å²) in [4.78, 5) is 23.0. The van der Waals surface area contributed by atoms with Gasteiger partial charge in [0.1, 0.15) is 5.75 Å². The van der Waals surface area contributed by atoms with Crippen LogP contribution in [-0.4, -0.2) is 30.2 Å². The Morgan fingerprint density at radius 1 is 1.32 bits per heavy atom. The van der Waals surface area contributed by atoms with Gasteiger partial charge in [-0.2, -0.15) is 0 Å². The molecular weight excluding hydrogens is 286 g/mol. The first-order chi connectivity index (χ1) is 10.5. The summed E-state index contributed by atoms with van der Waals surface area (Å²) in [5, 5.41) is 11.4. The van der Waals surface area contributed by atoms with Crippen molar-refractivity contribution in [2.24, 2.45) is 0 Å². The second-order valence-electron chi connectivity index (χ2n) is 4.84. The molecule has 2 aromatic rings. The summed E-state index contributed by atoms with van der Waals surface area (Å²) in [5.41, 5.74) is 1.87. The average molecular weight is 304 g/mol. The summed E-state index contributed by atoms with van der Waals surface area (Å²) in [6, 6.07) is 5.33. The molecule has 6 nitrogen and oxygen atoms in total. The first-order valence-electron chi connectivity index (χ1n) is 7.03. The zero-order valence-corrected chi connectivity index (χ0v) is 12.8. The van der Waals surface area contributed by atoms with Crippen molar-refractivity contribution in [3.63, 3.8) is 0 Å². The van der Waals surface area contributed by atoms with Crippen LogP contribution in [0.2, 0.25) is 0 Å². The number of benzene rings is 1. The maximum Gasteiger partial charge on any atom is 0.340 e. The van der Waals surface area contributed by atoms with Crippen LogP contribution in [0.5, 0.6) is 5.75 Å². The molecule has 0 saturated heterocycles. The molecule has 2 rings (SSSR count). The number of ether oxygens (including phenoxy) is 2. The highest BCUT2D eigenvalue weighted by molar-refractivity contribution is 6.06. The topological polar surface area (TPSA) is 80.6 Å². The molecule has 0 bridgehead atoms. The summed E-state index contributed by atoms with van der Waals surface area (Å²) >= 11 is 0. The van der Waals surface area contributed by atoms with E-state index in [-0.39, 0.29) is 19.6 Å². The van der Waals surface area contributed by atoms with E-state index in [1.54, 1.807) is 43.7 Å². The molecule has 0 amide bonds. The number of carbonyl (C=O) groups excluding carboxylic acids is 2.